The molecule has 152 valence electrons. The molecule has 1 aliphatic rings. The van der Waals surface area contributed by atoms with Gasteiger partial charge < -0.3 is 14.4 Å². The van der Waals surface area contributed by atoms with Crippen molar-refractivity contribution in [2.24, 2.45) is 5.92 Å². The number of carbonyl (C=O) groups is 1. The average Bonchev–Trinajstić information content (AvgIpc) is 3.25. The molecule has 0 radical (unpaired) electrons. The molecule has 3 aromatic rings. The van der Waals surface area contributed by atoms with Crippen molar-refractivity contribution in [3.63, 3.8) is 0 Å². The molecular weight excluding hydrogens is 458 g/mol. The lowest BCUT2D eigenvalue weighted by Gasteiger charge is -2.22. The molecule has 0 spiro atoms. The Bertz CT molecular complexity index is 1040. The zero-order valence-electron chi connectivity index (χ0n) is 16.1. The van der Waals surface area contributed by atoms with Crippen LogP contribution in [0.15, 0.2) is 47.2 Å². The molecule has 8 heteroatoms. The summed E-state index contributed by atoms with van der Waals surface area (Å²) in [6.07, 6.45) is 3.74. The number of hydrogen-bond donors (Lipinski definition) is 0. The maximum atomic E-state index is 12.6. The molecule has 0 saturated carbocycles. The van der Waals surface area contributed by atoms with E-state index in [4.69, 9.17) is 21.1 Å². The SMILES string of the molecule is COc1ccc(CN2CC(C(C)Oc3cc(Br)cn4ncc(Cl)c34)CC2=O)cc1. The van der Waals surface area contributed by atoms with Gasteiger partial charge in [0.2, 0.25) is 5.91 Å². The fourth-order valence-electron chi connectivity index (χ4n) is 3.62. The smallest absolute Gasteiger partial charge is 0.223 e. The Kier molecular flexibility index (Phi) is 5.69. The van der Waals surface area contributed by atoms with E-state index < -0.39 is 0 Å². The van der Waals surface area contributed by atoms with Crippen molar-refractivity contribution in [2.45, 2.75) is 26.0 Å². The molecule has 2 atom stereocenters. The lowest BCUT2D eigenvalue weighted by atomic mass is 10.0. The minimum absolute atomic E-state index is 0.0986. The zero-order chi connectivity index (χ0) is 20.5. The highest BCUT2D eigenvalue weighted by Crippen LogP contribution is 2.33. The van der Waals surface area contributed by atoms with E-state index in [0.717, 1.165) is 21.3 Å². The molecule has 1 amide bonds. The number of amides is 1. The van der Waals surface area contributed by atoms with Gasteiger partial charge in [0.15, 0.2) is 0 Å². The number of aromatic nitrogens is 2. The van der Waals surface area contributed by atoms with E-state index in [-0.39, 0.29) is 17.9 Å². The molecule has 0 bridgehead atoms. The van der Waals surface area contributed by atoms with E-state index in [9.17, 15) is 4.79 Å². The number of benzene rings is 1. The molecule has 1 fully saturated rings. The first-order valence-corrected chi connectivity index (χ1v) is 10.5. The van der Waals surface area contributed by atoms with E-state index in [1.165, 1.54) is 0 Å². The van der Waals surface area contributed by atoms with Crippen molar-refractivity contribution in [1.82, 2.24) is 14.5 Å². The van der Waals surface area contributed by atoms with Crippen molar-refractivity contribution in [2.75, 3.05) is 13.7 Å². The largest absolute Gasteiger partial charge is 0.497 e. The lowest BCUT2D eigenvalue weighted by Crippen LogP contribution is -2.28. The minimum Gasteiger partial charge on any atom is -0.497 e. The molecule has 0 aliphatic carbocycles. The maximum absolute atomic E-state index is 12.6. The highest BCUT2D eigenvalue weighted by molar-refractivity contribution is 9.10. The van der Waals surface area contributed by atoms with Crippen LogP contribution in [0, 0.1) is 5.92 Å². The van der Waals surface area contributed by atoms with Crippen molar-refractivity contribution in [1.29, 1.82) is 0 Å². The second kappa shape index (κ2) is 8.24. The second-order valence-electron chi connectivity index (χ2n) is 7.22. The van der Waals surface area contributed by atoms with Gasteiger partial charge in [-0.2, -0.15) is 5.10 Å². The summed E-state index contributed by atoms with van der Waals surface area (Å²) >= 11 is 9.76. The molecule has 29 heavy (non-hydrogen) atoms. The topological polar surface area (TPSA) is 56.1 Å². The van der Waals surface area contributed by atoms with Crippen molar-refractivity contribution in [3.8, 4) is 11.5 Å². The summed E-state index contributed by atoms with van der Waals surface area (Å²) in [4.78, 5) is 14.4. The van der Waals surface area contributed by atoms with Gasteiger partial charge in [-0.3, -0.25) is 4.79 Å². The standard InChI is InChI=1S/C21H21BrClN3O3/c1-13(29-19-8-16(22)12-26-21(19)18(23)9-24-26)15-7-20(27)25(11-15)10-14-3-5-17(28-2)6-4-14/h3-6,8-9,12-13,15H,7,10-11H2,1-2H3. The number of nitrogens with zero attached hydrogens (tertiary/aromatic N) is 3. The summed E-state index contributed by atoms with van der Waals surface area (Å²) in [6.45, 7) is 3.24. The Hall–Kier alpha value is -2.25. The molecule has 1 aromatic carbocycles. The molecule has 6 nitrogen and oxygen atoms in total. The van der Waals surface area contributed by atoms with Gasteiger partial charge in [0.25, 0.3) is 0 Å². The average molecular weight is 479 g/mol. The molecule has 1 aliphatic heterocycles. The predicted molar refractivity (Wildman–Crippen MR) is 115 cm³/mol. The number of halogens is 2. The van der Waals surface area contributed by atoms with Crippen LogP contribution in [0.25, 0.3) is 5.52 Å². The third kappa shape index (κ3) is 4.21. The van der Waals surface area contributed by atoms with Crippen LogP contribution in [0.5, 0.6) is 11.5 Å². The highest BCUT2D eigenvalue weighted by Gasteiger charge is 2.34. The molecule has 3 heterocycles. The quantitative estimate of drug-likeness (QED) is 0.521. The third-order valence-corrected chi connectivity index (χ3v) is 5.96. The Balaban J connectivity index is 1.45. The first kappa shape index (κ1) is 20.0. The van der Waals surface area contributed by atoms with Crippen molar-refractivity contribution < 1.29 is 14.3 Å². The summed E-state index contributed by atoms with van der Waals surface area (Å²) in [5, 5.41) is 4.76. The molecule has 0 N–H and O–H groups in total. The van der Waals surface area contributed by atoms with E-state index in [1.54, 1.807) is 17.8 Å². The lowest BCUT2D eigenvalue weighted by molar-refractivity contribution is -0.128. The molecular formula is C21H21BrClN3O3. The minimum atomic E-state index is -0.149. The third-order valence-electron chi connectivity index (χ3n) is 5.25. The highest BCUT2D eigenvalue weighted by atomic mass is 79.9. The number of likely N-dealkylation sites (tertiary alicyclic amines) is 1. The van der Waals surface area contributed by atoms with Gasteiger partial charge in [-0.15, -0.1) is 0 Å². The predicted octanol–water partition coefficient (Wildman–Crippen LogP) is 4.57. The Morgan fingerprint density at radius 2 is 2.10 bits per heavy atom. The zero-order valence-corrected chi connectivity index (χ0v) is 18.5. The van der Waals surface area contributed by atoms with E-state index >= 15 is 0 Å². The first-order valence-electron chi connectivity index (χ1n) is 9.34. The molecule has 2 unspecified atom stereocenters. The number of carbonyl (C=O) groups excluding carboxylic acids is 1. The Morgan fingerprint density at radius 3 is 2.83 bits per heavy atom. The van der Waals surface area contributed by atoms with Gasteiger partial charge >= 0.3 is 0 Å². The Labute approximate surface area is 182 Å². The number of hydrogen-bond acceptors (Lipinski definition) is 4. The van der Waals surface area contributed by atoms with Crippen LogP contribution in [0.3, 0.4) is 0 Å². The summed E-state index contributed by atoms with van der Waals surface area (Å²) in [5.74, 6) is 1.69. The van der Waals surface area contributed by atoms with E-state index in [2.05, 4.69) is 21.0 Å². The van der Waals surface area contributed by atoms with Crippen LogP contribution in [0.2, 0.25) is 5.02 Å². The van der Waals surface area contributed by atoms with Crippen LogP contribution >= 0.6 is 27.5 Å². The molecule has 1 saturated heterocycles. The second-order valence-corrected chi connectivity index (χ2v) is 8.54. The number of ether oxygens (including phenoxy) is 2. The number of methoxy groups -OCH3 is 1. The molecule has 4 rings (SSSR count). The van der Waals surface area contributed by atoms with Gasteiger partial charge in [-0.05, 0) is 46.6 Å². The summed E-state index contributed by atoms with van der Waals surface area (Å²) in [7, 11) is 1.64. The molecule has 2 aromatic heterocycles. The first-order chi connectivity index (χ1) is 13.9. The van der Waals surface area contributed by atoms with Gasteiger partial charge in [-0.25, -0.2) is 4.52 Å². The van der Waals surface area contributed by atoms with Crippen molar-refractivity contribution >= 4 is 39.0 Å². The van der Waals surface area contributed by atoms with Crippen LogP contribution in [-0.4, -0.2) is 40.2 Å². The van der Waals surface area contributed by atoms with E-state index in [1.807, 2.05) is 48.4 Å². The normalized spacial score (nSPS) is 17.7. The fraction of sp³-hybridized carbons (Fsp3) is 0.333. The monoisotopic (exact) mass is 477 g/mol. The van der Waals surface area contributed by atoms with E-state index in [0.29, 0.717) is 30.3 Å². The summed E-state index contributed by atoms with van der Waals surface area (Å²) in [6, 6.07) is 9.67. The van der Waals surface area contributed by atoms with Gasteiger partial charge in [-0.1, -0.05) is 23.7 Å². The Morgan fingerprint density at radius 1 is 1.34 bits per heavy atom. The van der Waals surface area contributed by atoms with Gasteiger partial charge in [0, 0.05) is 36.1 Å². The van der Waals surface area contributed by atoms with Gasteiger partial charge in [0.05, 0.1) is 18.3 Å². The number of fused-ring (bicyclic) bond motifs is 1. The van der Waals surface area contributed by atoms with Crippen LogP contribution in [0.4, 0.5) is 0 Å². The van der Waals surface area contributed by atoms with Crippen LogP contribution in [0.1, 0.15) is 18.9 Å². The maximum Gasteiger partial charge on any atom is 0.223 e. The summed E-state index contributed by atoms with van der Waals surface area (Å²) < 4.78 is 14.0. The van der Waals surface area contributed by atoms with Gasteiger partial charge in [0.1, 0.15) is 23.1 Å². The van der Waals surface area contributed by atoms with Crippen LogP contribution in [-0.2, 0) is 11.3 Å². The van der Waals surface area contributed by atoms with Crippen molar-refractivity contribution in [3.05, 3.63) is 57.8 Å². The summed E-state index contributed by atoms with van der Waals surface area (Å²) in [5.41, 5.74) is 1.80. The number of rotatable bonds is 6. The van der Waals surface area contributed by atoms with Crippen LogP contribution < -0.4 is 9.47 Å². The number of pyridine rings is 1. The fourth-order valence-corrected chi connectivity index (χ4v) is 4.25.